The molecular weight excluding hydrogens is 514 g/mol. The molecule has 0 aliphatic carbocycles. The fraction of sp³-hybridized carbons (Fsp3) is 0.382. The highest BCUT2D eigenvalue weighted by atomic mass is 16.4. The van der Waals surface area contributed by atoms with Crippen molar-refractivity contribution < 1.29 is 19.5 Å². The highest BCUT2D eigenvalue weighted by Gasteiger charge is 2.59. The van der Waals surface area contributed by atoms with Gasteiger partial charge in [-0.3, -0.25) is 14.5 Å². The van der Waals surface area contributed by atoms with Crippen molar-refractivity contribution in [1.82, 2.24) is 14.7 Å². The molecule has 1 spiro atoms. The standard InChI is InChI=1S/C34H37N3O4/c1-24(2)29(31(39)40)36-21-19-33(32(36)41)18-20-35(23-33)30(38)28-22-37(28)34(25-12-6-3-7-13-25,26-14-8-4-9-15-26)27-16-10-5-11-17-27/h3-17,24,28-29H,18-23H2,1-2H3,(H,39,40)/t28?,29-,33?,37?/m0/s1. The minimum Gasteiger partial charge on any atom is -0.480 e. The van der Waals surface area contributed by atoms with Crippen LogP contribution in [0.25, 0.3) is 0 Å². The summed E-state index contributed by atoms with van der Waals surface area (Å²) in [6.45, 7) is 5.56. The number of carbonyl (C=O) groups is 3. The molecule has 3 aromatic carbocycles. The van der Waals surface area contributed by atoms with Crippen LogP contribution in [0.3, 0.4) is 0 Å². The lowest BCUT2D eigenvalue weighted by atomic mass is 9.76. The van der Waals surface area contributed by atoms with Gasteiger partial charge in [0.15, 0.2) is 0 Å². The van der Waals surface area contributed by atoms with Crippen molar-refractivity contribution in [1.29, 1.82) is 0 Å². The van der Waals surface area contributed by atoms with E-state index in [1.807, 2.05) is 73.3 Å². The summed E-state index contributed by atoms with van der Waals surface area (Å²) in [5, 5.41) is 9.80. The number of amides is 2. The molecule has 41 heavy (non-hydrogen) atoms. The van der Waals surface area contributed by atoms with Crippen molar-refractivity contribution in [2.75, 3.05) is 26.2 Å². The first-order chi connectivity index (χ1) is 19.8. The lowest BCUT2D eigenvalue weighted by molar-refractivity contribution is -0.152. The Morgan fingerprint density at radius 1 is 0.829 bits per heavy atom. The third-order valence-electron chi connectivity index (χ3n) is 9.33. The van der Waals surface area contributed by atoms with Gasteiger partial charge >= 0.3 is 5.97 Å². The largest absolute Gasteiger partial charge is 0.480 e. The lowest BCUT2D eigenvalue weighted by Gasteiger charge is -2.38. The molecule has 4 atom stereocenters. The Kier molecular flexibility index (Phi) is 6.94. The maximum atomic E-state index is 14.1. The SMILES string of the molecule is CC(C)[C@@H](C(=O)O)N1CCC2(CCN(C(=O)C3CN3C(c3ccccc3)(c3ccccc3)c3ccccc3)C2)C1=O. The molecule has 3 heterocycles. The highest BCUT2D eigenvalue weighted by Crippen LogP contribution is 2.49. The average molecular weight is 552 g/mol. The topological polar surface area (TPSA) is 80.9 Å². The Hall–Kier alpha value is -3.97. The maximum absolute atomic E-state index is 14.1. The summed E-state index contributed by atoms with van der Waals surface area (Å²) >= 11 is 0. The zero-order valence-electron chi connectivity index (χ0n) is 23.6. The first kappa shape index (κ1) is 27.2. The zero-order chi connectivity index (χ0) is 28.8. The predicted molar refractivity (Wildman–Crippen MR) is 156 cm³/mol. The van der Waals surface area contributed by atoms with Crippen molar-refractivity contribution in [2.24, 2.45) is 11.3 Å². The van der Waals surface area contributed by atoms with Crippen LogP contribution < -0.4 is 0 Å². The number of carboxylic acid groups (broad SMARTS) is 1. The smallest absolute Gasteiger partial charge is 0.326 e. The number of aliphatic carboxylic acids is 1. The number of benzene rings is 3. The quantitative estimate of drug-likeness (QED) is 0.335. The van der Waals surface area contributed by atoms with Gasteiger partial charge in [0.05, 0.1) is 11.0 Å². The molecule has 212 valence electrons. The Balaban J connectivity index is 1.29. The minimum atomic E-state index is -0.968. The second-order valence-corrected chi connectivity index (χ2v) is 12.0. The average Bonchev–Trinajstić information content (AvgIpc) is 3.57. The molecule has 7 nitrogen and oxygen atoms in total. The van der Waals surface area contributed by atoms with Crippen LogP contribution in [0, 0.1) is 11.3 Å². The molecule has 3 aliphatic rings. The van der Waals surface area contributed by atoms with Gasteiger partial charge in [-0.2, -0.15) is 0 Å². The molecule has 0 bridgehead atoms. The molecule has 0 saturated carbocycles. The minimum absolute atomic E-state index is 0.0407. The molecule has 0 radical (unpaired) electrons. The Morgan fingerprint density at radius 3 is 1.78 bits per heavy atom. The molecule has 3 aliphatic heterocycles. The summed E-state index contributed by atoms with van der Waals surface area (Å²) < 4.78 is 0. The number of rotatable bonds is 8. The van der Waals surface area contributed by atoms with E-state index in [-0.39, 0.29) is 23.8 Å². The molecule has 3 fully saturated rings. The van der Waals surface area contributed by atoms with Crippen LogP contribution in [-0.4, -0.2) is 75.9 Å². The van der Waals surface area contributed by atoms with Crippen LogP contribution in [-0.2, 0) is 19.9 Å². The van der Waals surface area contributed by atoms with Gasteiger partial charge < -0.3 is 14.9 Å². The normalized spacial score (nSPS) is 24.7. The van der Waals surface area contributed by atoms with Gasteiger partial charge in [0.1, 0.15) is 12.1 Å². The van der Waals surface area contributed by atoms with Crippen LogP contribution in [0.15, 0.2) is 91.0 Å². The number of nitrogens with zero attached hydrogens (tertiary/aromatic N) is 3. The zero-order valence-corrected chi connectivity index (χ0v) is 23.6. The summed E-state index contributed by atoms with van der Waals surface area (Å²) in [5.74, 6) is -1.23. The molecule has 3 unspecified atom stereocenters. The molecule has 3 saturated heterocycles. The summed E-state index contributed by atoms with van der Waals surface area (Å²) in [4.78, 5) is 45.4. The van der Waals surface area contributed by atoms with Crippen LogP contribution >= 0.6 is 0 Å². The number of hydrogen-bond donors (Lipinski definition) is 1. The van der Waals surface area contributed by atoms with Gasteiger partial charge in [0.25, 0.3) is 0 Å². The van der Waals surface area contributed by atoms with E-state index >= 15 is 0 Å². The van der Waals surface area contributed by atoms with E-state index in [9.17, 15) is 19.5 Å². The van der Waals surface area contributed by atoms with Gasteiger partial charge in [0, 0.05) is 26.2 Å². The molecule has 6 rings (SSSR count). The maximum Gasteiger partial charge on any atom is 0.326 e. The Morgan fingerprint density at radius 2 is 1.32 bits per heavy atom. The van der Waals surface area contributed by atoms with Crippen molar-refractivity contribution in [3.05, 3.63) is 108 Å². The second-order valence-electron chi connectivity index (χ2n) is 12.0. The third kappa shape index (κ3) is 4.43. The first-order valence-electron chi connectivity index (χ1n) is 14.6. The van der Waals surface area contributed by atoms with Gasteiger partial charge in [-0.1, -0.05) is 105 Å². The van der Waals surface area contributed by atoms with Crippen molar-refractivity contribution >= 4 is 17.8 Å². The molecule has 2 amide bonds. The summed E-state index contributed by atoms with van der Waals surface area (Å²) in [5.41, 5.74) is 1.96. The molecule has 1 N–H and O–H groups in total. The third-order valence-corrected chi connectivity index (χ3v) is 9.33. The van der Waals surface area contributed by atoms with E-state index in [1.165, 1.54) is 4.90 Å². The summed E-state index contributed by atoms with van der Waals surface area (Å²) in [6.07, 6.45) is 1.16. The Labute approximate surface area is 241 Å². The number of hydrogen-bond acceptors (Lipinski definition) is 4. The van der Waals surface area contributed by atoms with Crippen LogP contribution in [0.5, 0.6) is 0 Å². The van der Waals surface area contributed by atoms with Gasteiger partial charge in [-0.25, -0.2) is 4.79 Å². The lowest BCUT2D eigenvalue weighted by Crippen LogP contribution is -2.48. The number of likely N-dealkylation sites (tertiary alicyclic amines) is 2. The van der Waals surface area contributed by atoms with Gasteiger partial charge in [-0.15, -0.1) is 0 Å². The predicted octanol–water partition coefficient (Wildman–Crippen LogP) is 4.22. The molecule has 7 heteroatoms. The van der Waals surface area contributed by atoms with Gasteiger partial charge in [0.2, 0.25) is 11.8 Å². The second kappa shape index (κ2) is 10.5. The van der Waals surface area contributed by atoms with E-state index in [0.29, 0.717) is 39.0 Å². The molecule has 0 aromatic heterocycles. The highest BCUT2D eigenvalue weighted by molar-refractivity contribution is 5.92. The van der Waals surface area contributed by atoms with Crippen molar-refractivity contribution in [3.8, 4) is 0 Å². The van der Waals surface area contributed by atoms with E-state index in [1.54, 1.807) is 0 Å². The fourth-order valence-corrected chi connectivity index (χ4v) is 7.30. The van der Waals surface area contributed by atoms with Gasteiger partial charge in [-0.05, 0) is 35.4 Å². The van der Waals surface area contributed by atoms with E-state index in [0.717, 1.165) is 16.7 Å². The van der Waals surface area contributed by atoms with Crippen LogP contribution in [0.1, 0.15) is 43.4 Å². The number of carboxylic acids is 1. The number of carbonyl (C=O) groups excluding carboxylic acids is 2. The molecule has 3 aromatic rings. The monoisotopic (exact) mass is 551 g/mol. The van der Waals surface area contributed by atoms with Crippen molar-refractivity contribution in [2.45, 2.75) is 44.3 Å². The van der Waals surface area contributed by atoms with Crippen LogP contribution in [0.2, 0.25) is 0 Å². The summed E-state index contributed by atoms with van der Waals surface area (Å²) in [7, 11) is 0. The van der Waals surface area contributed by atoms with E-state index < -0.39 is 23.0 Å². The van der Waals surface area contributed by atoms with Crippen LogP contribution in [0.4, 0.5) is 0 Å². The summed E-state index contributed by atoms with van der Waals surface area (Å²) in [6, 6.07) is 29.9. The van der Waals surface area contributed by atoms with E-state index in [4.69, 9.17) is 0 Å². The van der Waals surface area contributed by atoms with Crippen molar-refractivity contribution in [3.63, 3.8) is 0 Å². The first-order valence-corrected chi connectivity index (χ1v) is 14.6. The van der Waals surface area contributed by atoms with E-state index in [2.05, 4.69) is 41.3 Å². The fourth-order valence-electron chi connectivity index (χ4n) is 7.30. The Bertz CT molecular complexity index is 1330. The molecular formula is C34H37N3O4.